The second-order valence-electron chi connectivity index (χ2n) is 2.84. The highest BCUT2D eigenvalue weighted by Crippen LogP contribution is 2.15. The van der Waals surface area contributed by atoms with E-state index in [1.807, 2.05) is 28.9 Å². The Bertz CT molecular complexity index is 376. The summed E-state index contributed by atoms with van der Waals surface area (Å²) in [5.74, 6) is 0. The maximum absolute atomic E-state index is 4.36. The van der Waals surface area contributed by atoms with Crippen molar-refractivity contribution in [1.29, 1.82) is 0 Å². The molecule has 65 valence electrons. The van der Waals surface area contributed by atoms with Crippen LogP contribution in [0.15, 0.2) is 36.4 Å². The van der Waals surface area contributed by atoms with Crippen molar-refractivity contribution in [2.24, 2.45) is 0 Å². The van der Waals surface area contributed by atoms with Crippen LogP contribution in [-0.4, -0.2) is 9.78 Å². The summed E-state index contributed by atoms with van der Waals surface area (Å²) in [7, 11) is 0. The van der Waals surface area contributed by atoms with E-state index < -0.39 is 0 Å². The number of rotatable bonds is 2. The lowest BCUT2D eigenvalue weighted by Crippen LogP contribution is -1.94. The first-order valence-electron chi connectivity index (χ1n) is 4.41. The largest absolute Gasteiger partial charge is 0.263 e. The van der Waals surface area contributed by atoms with Crippen molar-refractivity contribution in [3.8, 4) is 11.3 Å². The monoisotopic (exact) mass is 171 g/mol. The Morgan fingerprint density at radius 2 is 2.08 bits per heavy atom. The molecule has 13 heavy (non-hydrogen) atoms. The van der Waals surface area contributed by atoms with E-state index in [1.165, 1.54) is 0 Å². The van der Waals surface area contributed by atoms with Gasteiger partial charge in [-0.2, -0.15) is 5.10 Å². The molecule has 2 nitrogen and oxygen atoms in total. The van der Waals surface area contributed by atoms with Crippen molar-refractivity contribution in [2.75, 3.05) is 0 Å². The van der Waals surface area contributed by atoms with E-state index in [9.17, 15) is 0 Å². The van der Waals surface area contributed by atoms with Crippen LogP contribution in [0.5, 0.6) is 0 Å². The third kappa shape index (κ3) is 1.61. The molecule has 2 heteroatoms. The SMILES string of the molecule is CCn1[c]cc(-c2ccccc2)n1. The number of benzene rings is 1. The van der Waals surface area contributed by atoms with Gasteiger partial charge in [0.15, 0.2) is 0 Å². The molecule has 0 aliphatic carbocycles. The molecule has 0 unspecified atom stereocenters. The standard InChI is InChI=1S/C11H11N2/c1-2-13-9-8-11(12-13)10-6-4-3-5-7-10/h3-8H,2H2,1H3. The van der Waals surface area contributed by atoms with Crippen LogP contribution in [0.3, 0.4) is 0 Å². The van der Waals surface area contributed by atoms with E-state index >= 15 is 0 Å². The fourth-order valence-corrected chi connectivity index (χ4v) is 1.24. The highest BCUT2D eigenvalue weighted by Gasteiger charge is 1.99. The van der Waals surface area contributed by atoms with Crippen LogP contribution in [0, 0.1) is 6.20 Å². The van der Waals surface area contributed by atoms with E-state index in [0.29, 0.717) is 0 Å². The summed E-state index contributed by atoms with van der Waals surface area (Å²) in [5, 5.41) is 4.36. The Balaban J connectivity index is 2.36. The highest BCUT2D eigenvalue weighted by atomic mass is 15.3. The maximum atomic E-state index is 4.36. The Morgan fingerprint density at radius 3 is 2.69 bits per heavy atom. The van der Waals surface area contributed by atoms with E-state index in [0.717, 1.165) is 17.8 Å². The maximum Gasteiger partial charge on any atom is 0.0930 e. The molecule has 0 fully saturated rings. The molecule has 1 aromatic heterocycles. The molecule has 2 rings (SSSR count). The topological polar surface area (TPSA) is 17.8 Å². The van der Waals surface area contributed by atoms with E-state index in [-0.39, 0.29) is 0 Å². The van der Waals surface area contributed by atoms with Gasteiger partial charge in [-0.3, -0.25) is 4.68 Å². The Hall–Kier alpha value is -1.57. The van der Waals surface area contributed by atoms with Crippen molar-refractivity contribution in [3.63, 3.8) is 0 Å². The predicted octanol–water partition coefficient (Wildman–Crippen LogP) is 2.37. The minimum Gasteiger partial charge on any atom is -0.263 e. The summed E-state index contributed by atoms with van der Waals surface area (Å²) in [6, 6.07) is 12.1. The average Bonchev–Trinajstić information content (AvgIpc) is 2.67. The van der Waals surface area contributed by atoms with Crippen molar-refractivity contribution in [1.82, 2.24) is 9.78 Å². The molecular weight excluding hydrogens is 160 g/mol. The van der Waals surface area contributed by atoms with Gasteiger partial charge in [0.2, 0.25) is 0 Å². The fourth-order valence-electron chi connectivity index (χ4n) is 1.24. The molecule has 0 spiro atoms. The number of hydrogen-bond acceptors (Lipinski definition) is 1. The van der Waals surface area contributed by atoms with Crippen molar-refractivity contribution in [2.45, 2.75) is 13.5 Å². The third-order valence-corrected chi connectivity index (χ3v) is 1.95. The molecule has 0 bridgehead atoms. The van der Waals surface area contributed by atoms with Gasteiger partial charge in [-0.15, -0.1) is 0 Å². The van der Waals surface area contributed by atoms with Crippen LogP contribution in [0.25, 0.3) is 11.3 Å². The van der Waals surface area contributed by atoms with E-state index in [2.05, 4.69) is 30.4 Å². The third-order valence-electron chi connectivity index (χ3n) is 1.95. The summed E-state index contributed by atoms with van der Waals surface area (Å²) < 4.78 is 1.81. The molecule has 0 N–H and O–H groups in total. The van der Waals surface area contributed by atoms with Crippen molar-refractivity contribution in [3.05, 3.63) is 42.6 Å². The van der Waals surface area contributed by atoms with Crippen LogP contribution >= 0.6 is 0 Å². The first-order valence-corrected chi connectivity index (χ1v) is 4.41. The lowest BCUT2D eigenvalue weighted by Gasteiger charge is -1.95. The summed E-state index contributed by atoms with van der Waals surface area (Å²) in [4.78, 5) is 0. The van der Waals surface area contributed by atoms with Crippen LogP contribution in [-0.2, 0) is 6.54 Å². The average molecular weight is 171 g/mol. The first-order chi connectivity index (χ1) is 6.40. The smallest absolute Gasteiger partial charge is 0.0930 e. The molecule has 0 saturated carbocycles. The number of hydrogen-bond donors (Lipinski definition) is 0. The van der Waals surface area contributed by atoms with E-state index in [4.69, 9.17) is 0 Å². The van der Waals surface area contributed by atoms with Crippen LogP contribution in [0.2, 0.25) is 0 Å². The van der Waals surface area contributed by atoms with Gasteiger partial charge in [0.1, 0.15) is 0 Å². The van der Waals surface area contributed by atoms with Gasteiger partial charge in [0.05, 0.1) is 11.9 Å². The normalized spacial score (nSPS) is 10.2. The van der Waals surface area contributed by atoms with Gasteiger partial charge in [0, 0.05) is 12.1 Å². The minimum absolute atomic E-state index is 0.868. The molecule has 0 aliphatic rings. The highest BCUT2D eigenvalue weighted by molar-refractivity contribution is 5.57. The van der Waals surface area contributed by atoms with Gasteiger partial charge in [-0.05, 0) is 13.0 Å². The Labute approximate surface area is 77.8 Å². The lowest BCUT2D eigenvalue weighted by atomic mass is 10.2. The van der Waals surface area contributed by atoms with Gasteiger partial charge in [-0.1, -0.05) is 30.3 Å². The molecular formula is C11H11N2. The van der Waals surface area contributed by atoms with Crippen molar-refractivity contribution < 1.29 is 0 Å². The summed E-state index contributed by atoms with van der Waals surface area (Å²) in [5.41, 5.74) is 2.13. The zero-order valence-corrected chi connectivity index (χ0v) is 7.57. The quantitative estimate of drug-likeness (QED) is 0.678. The Morgan fingerprint density at radius 1 is 1.31 bits per heavy atom. The van der Waals surface area contributed by atoms with Crippen LogP contribution in [0.4, 0.5) is 0 Å². The molecule has 1 radical (unpaired) electrons. The number of aromatic nitrogens is 2. The minimum atomic E-state index is 0.868. The summed E-state index contributed by atoms with van der Waals surface area (Å²) in [6.07, 6.45) is 3.06. The number of aryl methyl sites for hydroxylation is 1. The van der Waals surface area contributed by atoms with Crippen LogP contribution in [0.1, 0.15) is 6.92 Å². The van der Waals surface area contributed by atoms with Crippen LogP contribution < -0.4 is 0 Å². The zero-order chi connectivity index (χ0) is 9.10. The zero-order valence-electron chi connectivity index (χ0n) is 7.57. The van der Waals surface area contributed by atoms with Crippen molar-refractivity contribution >= 4 is 0 Å². The molecule has 0 saturated heterocycles. The van der Waals surface area contributed by atoms with Gasteiger partial charge in [0.25, 0.3) is 0 Å². The predicted molar refractivity (Wildman–Crippen MR) is 52.2 cm³/mol. The molecule has 0 amide bonds. The van der Waals surface area contributed by atoms with Gasteiger partial charge < -0.3 is 0 Å². The molecule has 0 aliphatic heterocycles. The summed E-state index contributed by atoms with van der Waals surface area (Å²) in [6.45, 7) is 2.92. The fraction of sp³-hybridized carbons (Fsp3) is 0.182. The second kappa shape index (κ2) is 3.44. The number of nitrogens with zero attached hydrogens (tertiary/aromatic N) is 2. The molecule has 1 aromatic carbocycles. The second-order valence-corrected chi connectivity index (χ2v) is 2.84. The molecule has 1 heterocycles. The van der Waals surface area contributed by atoms with Gasteiger partial charge >= 0.3 is 0 Å². The molecule has 2 aromatic rings. The lowest BCUT2D eigenvalue weighted by molar-refractivity contribution is 0.657. The Kier molecular flexibility index (Phi) is 2.13. The molecule has 0 atom stereocenters. The van der Waals surface area contributed by atoms with E-state index in [1.54, 1.807) is 0 Å². The summed E-state index contributed by atoms with van der Waals surface area (Å²) >= 11 is 0. The van der Waals surface area contributed by atoms with Gasteiger partial charge in [-0.25, -0.2) is 0 Å². The first kappa shape index (κ1) is 8.05.